The molecule has 0 fully saturated rings. The molecule has 0 radical (unpaired) electrons. The Bertz CT molecular complexity index is 823. The Morgan fingerprint density at radius 3 is 2.62 bits per heavy atom. The lowest BCUT2D eigenvalue weighted by Gasteiger charge is -2.07. The molecule has 0 aliphatic heterocycles. The molecule has 1 aromatic carbocycles. The van der Waals surface area contributed by atoms with Crippen molar-refractivity contribution in [3.8, 4) is 11.3 Å². The largest absolute Gasteiger partial charge is 0.455 e. The third kappa shape index (κ3) is 2.40. The number of fused-ring (bicyclic) bond motifs is 1. The van der Waals surface area contributed by atoms with E-state index >= 15 is 0 Å². The van der Waals surface area contributed by atoms with E-state index in [4.69, 9.17) is 4.42 Å². The van der Waals surface area contributed by atoms with Crippen LogP contribution in [-0.4, -0.2) is 4.98 Å². The Kier molecular flexibility index (Phi) is 3.20. The summed E-state index contributed by atoms with van der Waals surface area (Å²) in [6, 6.07) is 6.66. The van der Waals surface area contributed by atoms with Gasteiger partial charge in [-0.15, -0.1) is 12.6 Å². The molecule has 0 saturated carbocycles. The van der Waals surface area contributed by atoms with Crippen molar-refractivity contribution in [3.63, 3.8) is 0 Å². The molecule has 0 aliphatic rings. The molecule has 2 heterocycles. The predicted molar refractivity (Wildman–Crippen MR) is 76.4 cm³/mol. The molecule has 3 aromatic rings. The number of alkyl halides is 3. The SMILES string of the molecule is Cc1nccc2oc(-c3cccc(C(F)(F)F)c3)c(S)c12. The van der Waals surface area contributed by atoms with Gasteiger partial charge in [-0.3, -0.25) is 4.98 Å². The van der Waals surface area contributed by atoms with E-state index in [0.29, 0.717) is 27.2 Å². The summed E-state index contributed by atoms with van der Waals surface area (Å²) in [5.74, 6) is 0.315. The number of aryl methyl sites for hydroxylation is 1. The zero-order valence-corrected chi connectivity index (χ0v) is 11.8. The fourth-order valence-corrected chi connectivity index (χ4v) is 2.67. The van der Waals surface area contributed by atoms with Gasteiger partial charge in [0.25, 0.3) is 0 Å². The van der Waals surface area contributed by atoms with E-state index in [9.17, 15) is 13.2 Å². The van der Waals surface area contributed by atoms with E-state index in [-0.39, 0.29) is 0 Å². The van der Waals surface area contributed by atoms with Gasteiger partial charge in [-0.05, 0) is 25.1 Å². The molecule has 0 aliphatic carbocycles. The van der Waals surface area contributed by atoms with Crippen molar-refractivity contribution in [1.82, 2.24) is 4.98 Å². The third-order valence-corrected chi connectivity index (χ3v) is 3.64. The zero-order valence-electron chi connectivity index (χ0n) is 10.9. The molecule has 2 aromatic heterocycles. The van der Waals surface area contributed by atoms with Crippen LogP contribution in [0.15, 0.2) is 45.8 Å². The van der Waals surface area contributed by atoms with E-state index in [2.05, 4.69) is 17.6 Å². The van der Waals surface area contributed by atoms with Crippen LogP contribution in [0.25, 0.3) is 22.3 Å². The molecule has 0 saturated heterocycles. The first kappa shape index (κ1) is 14.0. The minimum absolute atomic E-state index is 0.315. The summed E-state index contributed by atoms with van der Waals surface area (Å²) in [6.07, 6.45) is -2.80. The molecule has 2 nitrogen and oxygen atoms in total. The van der Waals surface area contributed by atoms with Gasteiger partial charge in [0.2, 0.25) is 0 Å². The Hall–Kier alpha value is -1.95. The molecule has 6 heteroatoms. The minimum atomic E-state index is -4.39. The van der Waals surface area contributed by atoms with Gasteiger partial charge in [0, 0.05) is 17.5 Å². The summed E-state index contributed by atoms with van der Waals surface area (Å²) in [4.78, 5) is 4.64. The van der Waals surface area contributed by atoms with Gasteiger partial charge >= 0.3 is 6.18 Å². The zero-order chi connectivity index (χ0) is 15.2. The lowest BCUT2D eigenvalue weighted by Crippen LogP contribution is -2.04. The maximum Gasteiger partial charge on any atom is 0.416 e. The Morgan fingerprint density at radius 1 is 1.19 bits per heavy atom. The van der Waals surface area contributed by atoms with E-state index < -0.39 is 11.7 Å². The maximum atomic E-state index is 12.8. The molecule has 0 bridgehead atoms. The molecule has 0 spiro atoms. The van der Waals surface area contributed by atoms with Crippen molar-refractivity contribution in [2.75, 3.05) is 0 Å². The van der Waals surface area contributed by atoms with Crippen LogP contribution in [0.4, 0.5) is 13.2 Å². The molecular formula is C15H10F3NOS. The lowest BCUT2D eigenvalue weighted by atomic mass is 10.1. The first-order valence-electron chi connectivity index (χ1n) is 6.12. The Morgan fingerprint density at radius 2 is 1.95 bits per heavy atom. The second kappa shape index (κ2) is 4.80. The highest BCUT2D eigenvalue weighted by molar-refractivity contribution is 7.80. The number of aromatic nitrogens is 1. The highest BCUT2D eigenvalue weighted by Crippen LogP contribution is 2.39. The molecule has 0 atom stereocenters. The number of furan rings is 1. The van der Waals surface area contributed by atoms with Crippen molar-refractivity contribution >= 4 is 23.6 Å². The number of rotatable bonds is 1. The molecule has 3 rings (SSSR count). The molecular weight excluding hydrogens is 299 g/mol. The number of hydrogen-bond acceptors (Lipinski definition) is 3. The van der Waals surface area contributed by atoms with Crippen molar-refractivity contribution in [3.05, 3.63) is 47.8 Å². The molecule has 21 heavy (non-hydrogen) atoms. The highest BCUT2D eigenvalue weighted by atomic mass is 32.1. The molecule has 108 valence electrons. The first-order chi connectivity index (χ1) is 9.88. The van der Waals surface area contributed by atoms with E-state index in [1.807, 2.05) is 0 Å². The van der Waals surface area contributed by atoms with Gasteiger partial charge in [0.15, 0.2) is 0 Å². The van der Waals surface area contributed by atoms with Crippen LogP contribution in [0.1, 0.15) is 11.3 Å². The van der Waals surface area contributed by atoms with Gasteiger partial charge in [0.1, 0.15) is 11.3 Å². The maximum absolute atomic E-state index is 12.8. The van der Waals surface area contributed by atoms with Crippen LogP contribution >= 0.6 is 12.6 Å². The Labute approximate surface area is 124 Å². The molecule has 0 amide bonds. The fraction of sp³-hybridized carbons (Fsp3) is 0.133. The molecule has 0 N–H and O–H groups in total. The number of pyridine rings is 1. The second-order valence-corrected chi connectivity index (χ2v) is 5.08. The third-order valence-electron chi connectivity index (χ3n) is 3.22. The van der Waals surface area contributed by atoms with Crippen LogP contribution in [0.2, 0.25) is 0 Å². The van der Waals surface area contributed by atoms with Crippen LogP contribution in [0.3, 0.4) is 0 Å². The monoisotopic (exact) mass is 309 g/mol. The summed E-state index contributed by atoms with van der Waals surface area (Å²) in [7, 11) is 0. The average molecular weight is 309 g/mol. The van der Waals surface area contributed by atoms with Crippen LogP contribution < -0.4 is 0 Å². The summed E-state index contributed by atoms with van der Waals surface area (Å²) in [6.45, 7) is 1.80. The van der Waals surface area contributed by atoms with E-state index in [1.54, 1.807) is 25.3 Å². The second-order valence-electron chi connectivity index (χ2n) is 4.63. The van der Waals surface area contributed by atoms with E-state index in [0.717, 1.165) is 17.8 Å². The predicted octanol–water partition coefficient (Wildman–Crippen LogP) is 5.11. The number of halogens is 3. The standard InChI is InChI=1S/C15H10F3NOS/c1-8-12-11(5-6-19-8)20-13(14(12)21)9-3-2-4-10(7-9)15(16,17)18/h2-7,21H,1H3. The van der Waals surface area contributed by atoms with Crippen molar-refractivity contribution < 1.29 is 17.6 Å². The Balaban J connectivity index is 2.22. The average Bonchev–Trinajstić information content (AvgIpc) is 2.77. The van der Waals surface area contributed by atoms with Gasteiger partial charge in [-0.1, -0.05) is 12.1 Å². The number of hydrogen-bond donors (Lipinski definition) is 1. The summed E-state index contributed by atoms with van der Waals surface area (Å²) in [5, 5.41) is 0.716. The fourth-order valence-electron chi connectivity index (χ4n) is 2.22. The first-order valence-corrected chi connectivity index (χ1v) is 6.57. The van der Waals surface area contributed by atoms with Crippen molar-refractivity contribution in [2.24, 2.45) is 0 Å². The lowest BCUT2D eigenvalue weighted by molar-refractivity contribution is -0.137. The quantitative estimate of drug-likeness (QED) is 0.632. The van der Waals surface area contributed by atoms with Gasteiger partial charge in [-0.2, -0.15) is 13.2 Å². The summed E-state index contributed by atoms with van der Waals surface area (Å²) in [5.41, 5.74) is 0.896. The summed E-state index contributed by atoms with van der Waals surface area (Å²) >= 11 is 4.39. The normalized spacial score (nSPS) is 12.0. The number of nitrogens with zero attached hydrogens (tertiary/aromatic N) is 1. The van der Waals surface area contributed by atoms with Crippen LogP contribution in [0, 0.1) is 6.92 Å². The van der Waals surface area contributed by atoms with E-state index in [1.165, 1.54) is 6.07 Å². The van der Waals surface area contributed by atoms with Crippen molar-refractivity contribution in [1.29, 1.82) is 0 Å². The number of benzene rings is 1. The molecule has 0 unspecified atom stereocenters. The van der Waals surface area contributed by atoms with Crippen molar-refractivity contribution in [2.45, 2.75) is 18.0 Å². The highest BCUT2D eigenvalue weighted by Gasteiger charge is 2.31. The van der Waals surface area contributed by atoms with Gasteiger partial charge in [-0.25, -0.2) is 0 Å². The smallest absolute Gasteiger partial charge is 0.416 e. The van der Waals surface area contributed by atoms with Gasteiger partial charge in [0.05, 0.1) is 15.8 Å². The van der Waals surface area contributed by atoms with Crippen LogP contribution in [-0.2, 0) is 6.18 Å². The topological polar surface area (TPSA) is 26.0 Å². The minimum Gasteiger partial charge on any atom is -0.455 e. The number of thiol groups is 1. The van der Waals surface area contributed by atoms with Gasteiger partial charge < -0.3 is 4.42 Å². The summed E-state index contributed by atoms with van der Waals surface area (Å²) < 4.78 is 44.0. The van der Waals surface area contributed by atoms with Crippen LogP contribution in [0.5, 0.6) is 0 Å².